The van der Waals surface area contributed by atoms with E-state index in [1.165, 1.54) is 6.07 Å². The van der Waals surface area contributed by atoms with E-state index < -0.39 is 31.5 Å². The van der Waals surface area contributed by atoms with Gasteiger partial charge in [-0.3, -0.25) is 0 Å². The Morgan fingerprint density at radius 3 is 2.32 bits per heavy atom. The summed E-state index contributed by atoms with van der Waals surface area (Å²) in [6, 6.07) is 8.58. The van der Waals surface area contributed by atoms with Crippen molar-refractivity contribution in [3.8, 4) is 23.6 Å². The molecule has 5 nitrogen and oxygen atoms in total. The first kappa shape index (κ1) is 18.2. The molecule has 2 rings (SSSR count). The number of nitrogens with one attached hydrogen (secondary N) is 1. The van der Waals surface area contributed by atoms with E-state index >= 15 is 0 Å². The lowest BCUT2D eigenvalue weighted by molar-refractivity contribution is -0.0406. The molecule has 0 aliphatic rings. The van der Waals surface area contributed by atoms with Gasteiger partial charge in [0.15, 0.2) is 9.73 Å². The molecule has 0 aliphatic carbocycles. The van der Waals surface area contributed by atoms with Gasteiger partial charge < -0.3 is 4.74 Å². The lowest BCUT2D eigenvalue weighted by Crippen LogP contribution is -2.22. The van der Waals surface area contributed by atoms with Gasteiger partial charge in [0.25, 0.3) is 0 Å². The lowest BCUT2D eigenvalue weighted by atomic mass is 10.2. The molecule has 0 bridgehead atoms. The van der Waals surface area contributed by atoms with Gasteiger partial charge in [-0.15, -0.1) is 0 Å². The largest absolute Gasteiger partial charge is 0.483 e. The van der Waals surface area contributed by atoms with Crippen LogP contribution in [0.15, 0.2) is 41.3 Å². The van der Waals surface area contributed by atoms with Gasteiger partial charge in [-0.05, 0) is 30.3 Å². The fourth-order valence-corrected chi connectivity index (χ4v) is 2.62. The second-order valence-corrected chi connectivity index (χ2v) is 6.71. The van der Waals surface area contributed by atoms with Crippen molar-refractivity contribution in [1.82, 2.24) is 0 Å². The maximum atomic E-state index is 13.4. The standard InChI is InChI=1S/C15H7F4N3O2S/c16-11-3-9(7-20)4-12(6-11)24-14-2-1-13(5-10(14)8-21)25(22,23)15(17,18)19/h1-6,22H. The zero-order valence-electron chi connectivity index (χ0n) is 12.1. The van der Waals surface area contributed by atoms with Crippen molar-refractivity contribution in [2.45, 2.75) is 10.4 Å². The first-order valence-corrected chi connectivity index (χ1v) is 7.92. The minimum absolute atomic E-state index is 0.0589. The highest BCUT2D eigenvalue weighted by atomic mass is 32.2. The van der Waals surface area contributed by atoms with Crippen LogP contribution in [0, 0.1) is 33.3 Å². The van der Waals surface area contributed by atoms with Crippen LogP contribution in [0.3, 0.4) is 0 Å². The first-order chi connectivity index (χ1) is 11.6. The number of rotatable bonds is 3. The number of halogens is 4. The van der Waals surface area contributed by atoms with E-state index in [0.717, 1.165) is 24.3 Å². The van der Waals surface area contributed by atoms with E-state index in [9.17, 15) is 21.8 Å². The summed E-state index contributed by atoms with van der Waals surface area (Å²) in [5.41, 5.74) is -5.78. The highest BCUT2D eigenvalue weighted by molar-refractivity contribution is 7.93. The van der Waals surface area contributed by atoms with Gasteiger partial charge in [-0.1, -0.05) is 0 Å². The summed E-state index contributed by atoms with van der Waals surface area (Å²) in [7, 11) is -5.13. The number of alkyl halides is 3. The molecule has 0 fully saturated rings. The maximum Gasteiger partial charge on any atom is 0.483 e. The van der Waals surface area contributed by atoms with Crippen LogP contribution in [-0.4, -0.2) is 9.72 Å². The van der Waals surface area contributed by atoms with Gasteiger partial charge in [0.1, 0.15) is 23.4 Å². The van der Waals surface area contributed by atoms with E-state index in [4.69, 9.17) is 20.0 Å². The van der Waals surface area contributed by atoms with Gasteiger partial charge >= 0.3 is 5.51 Å². The number of nitriles is 2. The summed E-state index contributed by atoms with van der Waals surface area (Å²) >= 11 is 0. The van der Waals surface area contributed by atoms with E-state index in [1.807, 2.05) is 0 Å². The van der Waals surface area contributed by atoms with Crippen LogP contribution in [0.2, 0.25) is 0 Å². The quantitative estimate of drug-likeness (QED) is 0.816. The van der Waals surface area contributed by atoms with Gasteiger partial charge in [0.2, 0.25) is 0 Å². The van der Waals surface area contributed by atoms with Crippen molar-refractivity contribution in [3.63, 3.8) is 0 Å². The predicted molar refractivity (Wildman–Crippen MR) is 77.5 cm³/mol. The van der Waals surface area contributed by atoms with Gasteiger partial charge in [0.05, 0.1) is 22.1 Å². The summed E-state index contributed by atoms with van der Waals surface area (Å²) < 4.78 is 75.2. The fourth-order valence-electron chi connectivity index (χ4n) is 1.81. The number of benzene rings is 2. The second-order valence-electron chi connectivity index (χ2n) is 4.66. The Labute approximate surface area is 139 Å². The topological polar surface area (TPSA) is 97.7 Å². The third kappa shape index (κ3) is 3.70. The third-order valence-electron chi connectivity index (χ3n) is 2.96. The van der Waals surface area contributed by atoms with Crippen LogP contribution in [0.5, 0.6) is 11.5 Å². The number of hydrogen-bond acceptors (Lipinski definition) is 5. The van der Waals surface area contributed by atoms with Crippen molar-refractivity contribution in [2.24, 2.45) is 0 Å². The molecular formula is C15H7F4N3O2S. The minimum atomic E-state index is -5.30. The Hall–Kier alpha value is -3.11. The highest BCUT2D eigenvalue weighted by Crippen LogP contribution is 2.34. The molecule has 0 heterocycles. The minimum Gasteiger partial charge on any atom is -0.456 e. The van der Waals surface area contributed by atoms with Crippen LogP contribution in [0.4, 0.5) is 17.6 Å². The maximum absolute atomic E-state index is 13.4. The normalized spacial score (nSPS) is 13.4. The molecule has 0 radical (unpaired) electrons. The zero-order valence-corrected chi connectivity index (χ0v) is 12.9. The van der Waals surface area contributed by atoms with Crippen molar-refractivity contribution >= 4 is 9.73 Å². The lowest BCUT2D eigenvalue weighted by Gasteiger charge is -2.13. The van der Waals surface area contributed by atoms with E-state index in [1.54, 1.807) is 12.1 Å². The molecule has 0 saturated heterocycles. The average Bonchev–Trinajstić information content (AvgIpc) is 2.53. The summed E-state index contributed by atoms with van der Waals surface area (Å²) in [4.78, 5) is -0.902. The smallest absolute Gasteiger partial charge is 0.456 e. The zero-order chi connectivity index (χ0) is 18.8. The monoisotopic (exact) mass is 369 g/mol. The summed E-state index contributed by atoms with van der Waals surface area (Å²) in [5.74, 6) is -1.17. The Balaban J connectivity index is 2.47. The summed E-state index contributed by atoms with van der Waals surface area (Å²) in [6.07, 6.45) is 0. The van der Waals surface area contributed by atoms with Crippen LogP contribution < -0.4 is 4.74 Å². The molecule has 0 saturated carbocycles. The van der Waals surface area contributed by atoms with E-state index in [2.05, 4.69) is 0 Å². The molecule has 1 N–H and O–H groups in total. The summed E-state index contributed by atoms with van der Waals surface area (Å²) in [6.45, 7) is 0. The van der Waals surface area contributed by atoms with E-state index in [0.29, 0.717) is 6.07 Å². The Kier molecular flexibility index (Phi) is 4.68. The molecule has 0 amide bonds. The second kappa shape index (κ2) is 6.42. The molecule has 0 spiro atoms. The fraction of sp³-hybridized carbons (Fsp3) is 0.0667. The van der Waals surface area contributed by atoms with Crippen molar-refractivity contribution in [3.05, 3.63) is 53.3 Å². The number of nitrogens with zero attached hydrogens (tertiary/aromatic N) is 2. The predicted octanol–water partition coefficient (Wildman–Crippen LogP) is 4.29. The Bertz CT molecular complexity index is 1020. The van der Waals surface area contributed by atoms with Gasteiger partial charge in [0, 0.05) is 6.07 Å². The molecule has 1 unspecified atom stereocenters. The molecule has 0 aliphatic heterocycles. The van der Waals surface area contributed by atoms with E-state index in [-0.39, 0.29) is 17.1 Å². The Morgan fingerprint density at radius 2 is 1.76 bits per heavy atom. The molecule has 10 heteroatoms. The van der Waals surface area contributed by atoms with Crippen molar-refractivity contribution < 1.29 is 26.5 Å². The summed E-state index contributed by atoms with van der Waals surface area (Å²) in [5, 5.41) is 17.8. The van der Waals surface area contributed by atoms with Gasteiger partial charge in [-0.25, -0.2) is 13.4 Å². The number of hydrogen-bond donors (Lipinski definition) is 1. The van der Waals surface area contributed by atoms with Crippen molar-refractivity contribution in [2.75, 3.05) is 0 Å². The first-order valence-electron chi connectivity index (χ1n) is 6.36. The van der Waals surface area contributed by atoms with Crippen LogP contribution in [-0.2, 0) is 9.73 Å². The van der Waals surface area contributed by atoms with Crippen LogP contribution in [0.1, 0.15) is 11.1 Å². The SMILES string of the molecule is N#Cc1cc(F)cc(Oc2ccc(S(=N)(=O)C(F)(F)F)cc2C#N)c1. The Morgan fingerprint density at radius 1 is 1.08 bits per heavy atom. The molecule has 128 valence electrons. The molecular weight excluding hydrogens is 362 g/mol. The van der Waals surface area contributed by atoms with Gasteiger partial charge in [-0.2, -0.15) is 23.7 Å². The third-order valence-corrected chi connectivity index (χ3v) is 4.53. The van der Waals surface area contributed by atoms with Crippen LogP contribution >= 0.6 is 0 Å². The van der Waals surface area contributed by atoms with Crippen LogP contribution in [0.25, 0.3) is 0 Å². The molecule has 25 heavy (non-hydrogen) atoms. The molecule has 1 atom stereocenters. The number of ether oxygens (including phenoxy) is 1. The molecule has 2 aromatic carbocycles. The molecule has 2 aromatic rings. The van der Waals surface area contributed by atoms with Crippen molar-refractivity contribution in [1.29, 1.82) is 15.3 Å². The average molecular weight is 369 g/mol. The molecule has 0 aromatic heterocycles. The highest BCUT2D eigenvalue weighted by Gasteiger charge is 2.43.